The second-order valence-electron chi connectivity index (χ2n) is 9.93. The van der Waals surface area contributed by atoms with Crippen molar-refractivity contribution in [2.75, 3.05) is 7.11 Å². The lowest BCUT2D eigenvalue weighted by Gasteiger charge is -2.57. The van der Waals surface area contributed by atoms with Crippen LogP contribution in [-0.4, -0.2) is 12.6 Å². The highest BCUT2D eigenvalue weighted by atomic mass is 79.9. The Labute approximate surface area is 153 Å². The van der Waals surface area contributed by atoms with Crippen LogP contribution in [0.5, 0.6) is 5.75 Å². The van der Waals surface area contributed by atoms with Crippen molar-refractivity contribution in [2.24, 2.45) is 22.2 Å². The van der Waals surface area contributed by atoms with Crippen molar-refractivity contribution in [1.82, 2.24) is 5.32 Å². The predicted molar refractivity (Wildman–Crippen MR) is 100 cm³/mol. The molecule has 4 fully saturated rings. The van der Waals surface area contributed by atoms with Gasteiger partial charge in [-0.25, -0.2) is 0 Å². The molecular weight excluding hydrogens is 362 g/mol. The third kappa shape index (κ3) is 1.86. The van der Waals surface area contributed by atoms with Crippen molar-refractivity contribution in [2.45, 2.75) is 64.5 Å². The van der Waals surface area contributed by atoms with Gasteiger partial charge in [0.2, 0.25) is 0 Å². The van der Waals surface area contributed by atoms with Crippen molar-refractivity contribution >= 4 is 15.9 Å². The van der Waals surface area contributed by atoms with Crippen LogP contribution >= 0.6 is 15.9 Å². The van der Waals surface area contributed by atoms with E-state index >= 15 is 0 Å². The smallest absolute Gasteiger partial charge is 0.123 e. The van der Waals surface area contributed by atoms with Crippen LogP contribution in [0.1, 0.15) is 57.9 Å². The normalized spacial score (nSPS) is 47.6. The molecule has 5 rings (SSSR count). The van der Waals surface area contributed by atoms with E-state index < -0.39 is 0 Å². The zero-order valence-corrected chi connectivity index (χ0v) is 16.6. The maximum atomic E-state index is 5.57. The quantitative estimate of drug-likeness (QED) is 0.754. The number of hydrogen-bond donors (Lipinski definition) is 1. The van der Waals surface area contributed by atoms with E-state index in [1.165, 1.54) is 44.1 Å². The van der Waals surface area contributed by atoms with Crippen LogP contribution in [0.2, 0.25) is 0 Å². The number of methoxy groups -OCH3 is 1. The standard InChI is InChI=1S/C21H28BrNO/c1-18-10-19(2)7-15-8-20(11-18,13-21(15,19)12-18)23-9-14-6-16(22)4-5-17(14)24-3/h4-6,15,23H,7-13H2,1-3H3. The van der Waals surface area contributed by atoms with E-state index in [1.54, 1.807) is 7.11 Å². The van der Waals surface area contributed by atoms with Gasteiger partial charge in [0, 0.05) is 22.1 Å². The molecule has 3 bridgehead atoms. The molecular formula is C21H28BrNO. The molecule has 1 aromatic rings. The molecule has 0 saturated heterocycles. The summed E-state index contributed by atoms with van der Waals surface area (Å²) in [7, 11) is 1.77. The van der Waals surface area contributed by atoms with E-state index in [4.69, 9.17) is 4.74 Å². The molecule has 0 heterocycles. The molecule has 1 aromatic carbocycles. The van der Waals surface area contributed by atoms with Crippen molar-refractivity contribution in [3.63, 3.8) is 0 Å². The first kappa shape index (κ1) is 15.7. The highest BCUT2D eigenvalue weighted by molar-refractivity contribution is 9.10. The summed E-state index contributed by atoms with van der Waals surface area (Å²) in [5, 5.41) is 4.04. The van der Waals surface area contributed by atoms with E-state index in [0.29, 0.717) is 21.8 Å². The Hall–Kier alpha value is -0.540. The lowest BCUT2D eigenvalue weighted by molar-refractivity contribution is -0.0862. The molecule has 5 atom stereocenters. The topological polar surface area (TPSA) is 21.3 Å². The van der Waals surface area contributed by atoms with E-state index in [9.17, 15) is 0 Å². The van der Waals surface area contributed by atoms with Crippen LogP contribution in [0.3, 0.4) is 0 Å². The summed E-state index contributed by atoms with van der Waals surface area (Å²) in [5.74, 6) is 1.97. The Morgan fingerprint density at radius 2 is 2.00 bits per heavy atom. The fourth-order valence-corrected chi connectivity index (χ4v) is 8.36. The largest absolute Gasteiger partial charge is 0.496 e. The van der Waals surface area contributed by atoms with Crippen LogP contribution in [0.4, 0.5) is 0 Å². The number of nitrogens with one attached hydrogen (secondary N) is 1. The van der Waals surface area contributed by atoms with Gasteiger partial charge in [-0.1, -0.05) is 29.8 Å². The molecule has 24 heavy (non-hydrogen) atoms. The van der Waals surface area contributed by atoms with Gasteiger partial charge in [-0.2, -0.15) is 0 Å². The maximum Gasteiger partial charge on any atom is 0.123 e. The minimum atomic E-state index is 0.360. The van der Waals surface area contributed by atoms with E-state index in [0.717, 1.165) is 22.7 Å². The molecule has 1 N–H and O–H groups in total. The maximum absolute atomic E-state index is 5.57. The van der Waals surface area contributed by atoms with E-state index in [1.807, 2.05) is 0 Å². The summed E-state index contributed by atoms with van der Waals surface area (Å²) in [6.45, 7) is 6.07. The molecule has 0 aliphatic heterocycles. The predicted octanol–water partition coefficient (Wildman–Crippen LogP) is 5.30. The third-order valence-electron chi connectivity index (χ3n) is 8.19. The van der Waals surface area contributed by atoms with Gasteiger partial charge in [0.15, 0.2) is 0 Å². The molecule has 4 aliphatic rings. The number of ether oxygens (including phenoxy) is 1. The first-order valence-corrected chi connectivity index (χ1v) is 10.2. The molecule has 3 heteroatoms. The summed E-state index contributed by atoms with van der Waals surface area (Å²) in [6, 6.07) is 6.33. The van der Waals surface area contributed by atoms with Crippen molar-refractivity contribution in [1.29, 1.82) is 0 Å². The summed E-state index contributed by atoms with van der Waals surface area (Å²) < 4.78 is 6.71. The average molecular weight is 390 g/mol. The Kier molecular flexibility index (Phi) is 3.00. The summed E-state index contributed by atoms with van der Waals surface area (Å²) in [6.07, 6.45) is 8.60. The summed E-state index contributed by atoms with van der Waals surface area (Å²) in [4.78, 5) is 0. The Bertz CT molecular complexity index is 720. The average Bonchev–Trinajstić information content (AvgIpc) is 2.78. The lowest BCUT2D eigenvalue weighted by atomic mass is 9.47. The lowest BCUT2D eigenvalue weighted by Crippen LogP contribution is -2.51. The van der Waals surface area contributed by atoms with Crippen molar-refractivity contribution < 1.29 is 4.74 Å². The van der Waals surface area contributed by atoms with Gasteiger partial charge in [0.25, 0.3) is 0 Å². The van der Waals surface area contributed by atoms with Gasteiger partial charge in [-0.15, -0.1) is 0 Å². The first-order chi connectivity index (χ1) is 11.3. The number of rotatable bonds is 4. The Morgan fingerprint density at radius 3 is 2.79 bits per heavy atom. The van der Waals surface area contributed by atoms with Gasteiger partial charge < -0.3 is 10.1 Å². The molecule has 0 aromatic heterocycles. The summed E-state index contributed by atoms with van der Waals surface area (Å²) in [5.41, 5.74) is 3.49. The SMILES string of the molecule is COc1ccc(Br)cc1CNC12CC3CC4(C)CC(C)(C1)CC34C2. The minimum absolute atomic E-state index is 0.360. The van der Waals surface area contributed by atoms with Crippen LogP contribution in [0, 0.1) is 22.2 Å². The van der Waals surface area contributed by atoms with Gasteiger partial charge in [0.05, 0.1) is 7.11 Å². The highest BCUT2D eigenvalue weighted by Crippen LogP contribution is 2.84. The second kappa shape index (κ2) is 4.59. The zero-order valence-electron chi connectivity index (χ0n) is 15.0. The first-order valence-electron chi connectivity index (χ1n) is 9.39. The zero-order chi connectivity index (χ0) is 16.8. The monoisotopic (exact) mass is 389 g/mol. The number of fused-ring (bicyclic) bond motifs is 2. The fourth-order valence-electron chi connectivity index (χ4n) is 7.95. The fraction of sp³-hybridized carbons (Fsp3) is 0.714. The number of hydrogen-bond acceptors (Lipinski definition) is 2. The van der Waals surface area contributed by atoms with Gasteiger partial charge in [-0.05, 0) is 78.9 Å². The molecule has 1 spiro atoms. The molecule has 4 aliphatic carbocycles. The van der Waals surface area contributed by atoms with Crippen molar-refractivity contribution in [3.05, 3.63) is 28.2 Å². The van der Waals surface area contributed by atoms with Crippen LogP contribution in [-0.2, 0) is 6.54 Å². The number of benzene rings is 1. The van der Waals surface area contributed by atoms with Crippen molar-refractivity contribution in [3.8, 4) is 5.75 Å². The minimum Gasteiger partial charge on any atom is -0.496 e. The molecule has 5 unspecified atom stereocenters. The van der Waals surface area contributed by atoms with Gasteiger partial charge in [-0.3, -0.25) is 0 Å². The molecule has 4 saturated carbocycles. The van der Waals surface area contributed by atoms with Gasteiger partial charge >= 0.3 is 0 Å². The van der Waals surface area contributed by atoms with Crippen LogP contribution in [0.25, 0.3) is 0 Å². The summed E-state index contributed by atoms with van der Waals surface area (Å²) >= 11 is 3.61. The molecule has 0 radical (unpaired) electrons. The molecule has 130 valence electrons. The Balaban J connectivity index is 1.42. The Morgan fingerprint density at radius 1 is 1.17 bits per heavy atom. The molecule has 2 nitrogen and oxygen atoms in total. The highest BCUT2D eigenvalue weighted by Gasteiger charge is 2.78. The molecule has 0 amide bonds. The third-order valence-corrected chi connectivity index (χ3v) is 8.69. The second-order valence-corrected chi connectivity index (χ2v) is 10.8. The number of halogens is 1. The van der Waals surface area contributed by atoms with Gasteiger partial charge in [0.1, 0.15) is 5.75 Å². The van der Waals surface area contributed by atoms with Crippen LogP contribution in [0.15, 0.2) is 22.7 Å². The van der Waals surface area contributed by atoms with E-state index in [2.05, 4.69) is 53.3 Å². The van der Waals surface area contributed by atoms with E-state index in [-0.39, 0.29) is 0 Å². The van der Waals surface area contributed by atoms with Crippen LogP contribution < -0.4 is 10.1 Å².